The molecule has 1 N–H and O–H groups in total. The highest BCUT2D eigenvalue weighted by Gasteiger charge is 2.02. The van der Waals surface area contributed by atoms with Gasteiger partial charge >= 0.3 is 0 Å². The van der Waals surface area contributed by atoms with Gasteiger partial charge in [0, 0.05) is 24.4 Å². The number of halogens is 1. The van der Waals surface area contributed by atoms with Gasteiger partial charge in [0.25, 0.3) is 5.69 Å². The highest BCUT2D eigenvalue weighted by Crippen LogP contribution is 2.14. The van der Waals surface area contributed by atoms with E-state index in [2.05, 4.69) is 5.32 Å². The molecular weight excluding hydrogens is 187 g/mol. The summed E-state index contributed by atoms with van der Waals surface area (Å²) in [4.78, 5) is 9.86. The molecule has 0 saturated heterocycles. The van der Waals surface area contributed by atoms with E-state index >= 15 is 0 Å². The van der Waals surface area contributed by atoms with Crippen molar-refractivity contribution in [3.63, 3.8) is 0 Å². The molecule has 1 aromatic carbocycles. The third-order valence-corrected chi connectivity index (χ3v) is 1.72. The lowest BCUT2D eigenvalue weighted by Gasteiger charge is -2.03. The van der Waals surface area contributed by atoms with E-state index in [1.807, 2.05) is 0 Å². The zero-order valence-corrected chi connectivity index (χ0v) is 7.57. The summed E-state index contributed by atoms with van der Waals surface area (Å²) >= 11 is 0. The smallest absolute Gasteiger partial charge is 0.269 e. The first-order valence-electron chi connectivity index (χ1n) is 4.28. The number of benzene rings is 1. The largest absolute Gasteiger partial charge is 0.385 e. The first-order valence-corrected chi connectivity index (χ1v) is 4.28. The SMILES string of the molecule is O=[N+]([O-])c1ccc(NCCCF)cc1. The molecule has 0 radical (unpaired) electrons. The zero-order chi connectivity index (χ0) is 10.4. The van der Waals surface area contributed by atoms with E-state index in [9.17, 15) is 14.5 Å². The molecule has 0 aliphatic heterocycles. The minimum Gasteiger partial charge on any atom is -0.385 e. The average Bonchev–Trinajstić information content (AvgIpc) is 2.19. The molecule has 0 heterocycles. The van der Waals surface area contributed by atoms with Crippen molar-refractivity contribution in [2.24, 2.45) is 0 Å². The van der Waals surface area contributed by atoms with Crippen LogP contribution in [0.3, 0.4) is 0 Å². The molecule has 5 heteroatoms. The molecule has 1 rings (SSSR count). The lowest BCUT2D eigenvalue weighted by atomic mass is 10.3. The van der Waals surface area contributed by atoms with E-state index in [4.69, 9.17) is 0 Å². The molecule has 0 bridgehead atoms. The van der Waals surface area contributed by atoms with Crippen molar-refractivity contribution in [3.8, 4) is 0 Å². The normalized spacial score (nSPS) is 9.79. The number of nitrogens with zero attached hydrogens (tertiary/aromatic N) is 1. The Kier molecular flexibility index (Phi) is 3.84. The first-order chi connectivity index (χ1) is 6.74. The predicted octanol–water partition coefficient (Wildman–Crippen LogP) is 2.37. The van der Waals surface area contributed by atoms with Crippen LogP contribution in [0.1, 0.15) is 6.42 Å². The number of rotatable bonds is 5. The Bertz CT molecular complexity index is 300. The van der Waals surface area contributed by atoms with Gasteiger partial charge in [0.05, 0.1) is 11.6 Å². The molecule has 1 aromatic rings. The van der Waals surface area contributed by atoms with Gasteiger partial charge in [-0.2, -0.15) is 0 Å². The van der Waals surface area contributed by atoms with Crippen LogP contribution < -0.4 is 5.32 Å². The van der Waals surface area contributed by atoms with Crippen LogP contribution in [0.5, 0.6) is 0 Å². The number of nitrogens with one attached hydrogen (secondary N) is 1. The second-order valence-electron chi connectivity index (χ2n) is 2.77. The molecule has 76 valence electrons. The van der Waals surface area contributed by atoms with Gasteiger partial charge < -0.3 is 5.32 Å². The third-order valence-electron chi connectivity index (χ3n) is 1.72. The Hall–Kier alpha value is -1.65. The number of non-ortho nitro benzene ring substituents is 1. The van der Waals surface area contributed by atoms with Crippen molar-refractivity contribution in [3.05, 3.63) is 34.4 Å². The van der Waals surface area contributed by atoms with E-state index in [1.165, 1.54) is 12.1 Å². The van der Waals surface area contributed by atoms with Gasteiger partial charge in [0.1, 0.15) is 0 Å². The maximum atomic E-state index is 11.7. The Morgan fingerprint density at radius 1 is 1.36 bits per heavy atom. The number of alkyl halides is 1. The van der Waals surface area contributed by atoms with Gasteiger partial charge in [0.15, 0.2) is 0 Å². The minimum atomic E-state index is -0.453. The monoisotopic (exact) mass is 198 g/mol. The fraction of sp³-hybridized carbons (Fsp3) is 0.333. The number of nitro groups is 1. The Labute approximate surface area is 80.9 Å². The molecule has 4 nitrogen and oxygen atoms in total. The molecule has 0 spiro atoms. The van der Waals surface area contributed by atoms with Crippen LogP contribution in [-0.2, 0) is 0 Å². The van der Waals surface area contributed by atoms with Crippen molar-refractivity contribution in [1.29, 1.82) is 0 Å². The molecule has 0 fully saturated rings. The van der Waals surface area contributed by atoms with Gasteiger partial charge in [-0.25, -0.2) is 0 Å². The summed E-state index contributed by atoms with van der Waals surface area (Å²) in [5.74, 6) is 0. The summed E-state index contributed by atoms with van der Waals surface area (Å²) in [5, 5.41) is 13.3. The van der Waals surface area contributed by atoms with Crippen molar-refractivity contribution < 1.29 is 9.31 Å². The van der Waals surface area contributed by atoms with Gasteiger partial charge in [-0.1, -0.05) is 0 Å². The maximum absolute atomic E-state index is 11.7. The fourth-order valence-electron chi connectivity index (χ4n) is 1.00. The lowest BCUT2D eigenvalue weighted by Crippen LogP contribution is -2.01. The van der Waals surface area contributed by atoms with Gasteiger partial charge in [-0.3, -0.25) is 14.5 Å². The summed E-state index contributed by atoms with van der Waals surface area (Å²) in [6, 6.07) is 6.04. The van der Waals surface area contributed by atoms with Crippen LogP contribution in [0, 0.1) is 10.1 Å². The fourth-order valence-corrected chi connectivity index (χ4v) is 1.00. The van der Waals surface area contributed by atoms with Crippen molar-refractivity contribution >= 4 is 11.4 Å². The van der Waals surface area contributed by atoms with Crippen LogP contribution in [0.15, 0.2) is 24.3 Å². The Balaban J connectivity index is 2.51. The molecular formula is C9H11FN2O2. The summed E-state index contributed by atoms with van der Waals surface area (Å²) in [7, 11) is 0. The number of anilines is 1. The second kappa shape index (κ2) is 5.16. The van der Waals surface area contributed by atoms with E-state index < -0.39 is 4.92 Å². The van der Waals surface area contributed by atoms with Crippen LogP contribution in [0.4, 0.5) is 15.8 Å². The molecule has 0 aromatic heterocycles. The molecule has 0 saturated carbocycles. The minimum absolute atomic E-state index is 0.0565. The zero-order valence-electron chi connectivity index (χ0n) is 7.57. The molecule has 14 heavy (non-hydrogen) atoms. The van der Waals surface area contributed by atoms with Gasteiger partial charge in [-0.05, 0) is 18.6 Å². The van der Waals surface area contributed by atoms with E-state index in [0.717, 1.165) is 5.69 Å². The molecule has 0 unspecified atom stereocenters. The Morgan fingerprint density at radius 2 is 2.00 bits per heavy atom. The lowest BCUT2D eigenvalue weighted by molar-refractivity contribution is -0.384. The summed E-state index contributed by atoms with van der Waals surface area (Å²) in [6.45, 7) is 0.175. The number of nitro benzene ring substituents is 1. The summed E-state index contributed by atoms with van der Waals surface area (Å²) in [5.41, 5.74) is 0.824. The topological polar surface area (TPSA) is 55.2 Å². The predicted molar refractivity (Wildman–Crippen MR) is 52.2 cm³/mol. The van der Waals surface area contributed by atoms with E-state index in [1.54, 1.807) is 12.1 Å². The van der Waals surface area contributed by atoms with Gasteiger partial charge in [0.2, 0.25) is 0 Å². The van der Waals surface area contributed by atoms with Crippen molar-refractivity contribution in [2.75, 3.05) is 18.5 Å². The molecule has 0 amide bonds. The number of hydrogen-bond acceptors (Lipinski definition) is 3. The quantitative estimate of drug-likeness (QED) is 0.449. The van der Waals surface area contributed by atoms with E-state index in [-0.39, 0.29) is 12.4 Å². The van der Waals surface area contributed by atoms with Crippen LogP contribution >= 0.6 is 0 Å². The highest BCUT2D eigenvalue weighted by atomic mass is 19.1. The summed E-state index contributed by atoms with van der Waals surface area (Å²) < 4.78 is 11.7. The average molecular weight is 198 g/mol. The van der Waals surface area contributed by atoms with Crippen molar-refractivity contribution in [1.82, 2.24) is 0 Å². The highest BCUT2D eigenvalue weighted by molar-refractivity contribution is 5.48. The van der Waals surface area contributed by atoms with Crippen LogP contribution in [0.2, 0.25) is 0 Å². The first kappa shape index (κ1) is 10.4. The van der Waals surface area contributed by atoms with Crippen LogP contribution in [-0.4, -0.2) is 18.1 Å². The third kappa shape index (κ3) is 3.01. The van der Waals surface area contributed by atoms with E-state index in [0.29, 0.717) is 13.0 Å². The van der Waals surface area contributed by atoms with Crippen LogP contribution in [0.25, 0.3) is 0 Å². The molecule has 0 aliphatic carbocycles. The summed E-state index contributed by atoms with van der Waals surface area (Å²) in [6.07, 6.45) is 0.441. The van der Waals surface area contributed by atoms with Gasteiger partial charge in [-0.15, -0.1) is 0 Å². The standard InChI is InChI=1S/C9H11FN2O2/c10-6-1-7-11-8-2-4-9(5-3-8)12(13)14/h2-5,11H,1,6-7H2. The number of hydrogen-bond donors (Lipinski definition) is 1. The Morgan fingerprint density at radius 3 is 2.50 bits per heavy atom. The van der Waals surface area contributed by atoms with Crippen molar-refractivity contribution in [2.45, 2.75) is 6.42 Å². The molecule has 0 aliphatic rings. The molecule has 0 atom stereocenters. The maximum Gasteiger partial charge on any atom is 0.269 e. The second-order valence-corrected chi connectivity index (χ2v) is 2.77.